The highest BCUT2D eigenvalue weighted by molar-refractivity contribution is 5.66. The first kappa shape index (κ1) is 13.8. The summed E-state index contributed by atoms with van der Waals surface area (Å²) in [5.41, 5.74) is 0.824. The number of piperazine rings is 1. The first-order valence-electron chi connectivity index (χ1n) is 6.54. The highest BCUT2D eigenvalue weighted by Crippen LogP contribution is 2.24. The number of carboxylic acids is 1. The number of hydrogen-bond acceptors (Lipinski definition) is 3. The van der Waals surface area contributed by atoms with Crippen molar-refractivity contribution in [3.63, 3.8) is 0 Å². The molecule has 2 atom stereocenters. The Labute approximate surface area is 112 Å². The molecular formula is C14H19FN2O2. The van der Waals surface area contributed by atoms with Crippen LogP contribution in [0.2, 0.25) is 0 Å². The highest BCUT2D eigenvalue weighted by atomic mass is 19.1. The Morgan fingerprint density at radius 3 is 3.00 bits per heavy atom. The number of benzene rings is 1. The first-order chi connectivity index (χ1) is 9.08. The molecule has 1 saturated heterocycles. The maximum atomic E-state index is 13.4. The van der Waals surface area contributed by atoms with Crippen LogP contribution in [-0.4, -0.2) is 36.2 Å². The van der Waals surface area contributed by atoms with E-state index in [-0.39, 0.29) is 24.3 Å². The number of nitrogens with zero attached hydrogens (tertiary/aromatic N) is 1. The lowest BCUT2D eigenvalue weighted by molar-refractivity contribution is -0.137. The summed E-state index contributed by atoms with van der Waals surface area (Å²) < 4.78 is 13.4. The van der Waals surface area contributed by atoms with Crippen molar-refractivity contribution in [1.82, 2.24) is 5.32 Å². The summed E-state index contributed by atoms with van der Waals surface area (Å²) in [7, 11) is 0. The summed E-state index contributed by atoms with van der Waals surface area (Å²) in [4.78, 5) is 12.8. The van der Waals surface area contributed by atoms with Crippen LogP contribution < -0.4 is 10.2 Å². The monoisotopic (exact) mass is 266 g/mol. The Bertz CT molecular complexity index is 453. The third-order valence-corrected chi connectivity index (χ3v) is 3.49. The molecule has 1 heterocycles. The molecule has 0 aromatic heterocycles. The van der Waals surface area contributed by atoms with Crippen molar-refractivity contribution >= 4 is 11.7 Å². The molecule has 19 heavy (non-hydrogen) atoms. The Hall–Kier alpha value is -1.62. The van der Waals surface area contributed by atoms with Crippen molar-refractivity contribution in [3.05, 3.63) is 30.1 Å². The Morgan fingerprint density at radius 1 is 1.53 bits per heavy atom. The molecule has 1 fully saturated rings. The molecule has 2 N–H and O–H groups in total. The van der Waals surface area contributed by atoms with E-state index in [0.29, 0.717) is 6.42 Å². The lowest BCUT2D eigenvalue weighted by Gasteiger charge is -2.43. The van der Waals surface area contributed by atoms with Gasteiger partial charge in [0.2, 0.25) is 0 Å². The average Bonchev–Trinajstić information content (AvgIpc) is 2.36. The quantitative estimate of drug-likeness (QED) is 0.873. The van der Waals surface area contributed by atoms with Crippen molar-refractivity contribution in [3.8, 4) is 0 Å². The highest BCUT2D eigenvalue weighted by Gasteiger charge is 2.28. The average molecular weight is 266 g/mol. The van der Waals surface area contributed by atoms with E-state index >= 15 is 0 Å². The molecule has 1 aromatic carbocycles. The van der Waals surface area contributed by atoms with E-state index in [4.69, 9.17) is 5.11 Å². The summed E-state index contributed by atoms with van der Waals surface area (Å²) in [6.07, 6.45) is 0.689. The predicted molar refractivity (Wildman–Crippen MR) is 71.9 cm³/mol. The fourth-order valence-electron chi connectivity index (χ4n) is 2.65. The standard InChI is InChI=1S/C14H19FN2O2/c1-10-8-16-9-13(5-6-14(18)19)17(10)12-4-2-3-11(15)7-12/h2-4,7,10,13,16H,5-6,8-9H2,1H3,(H,18,19). The van der Waals surface area contributed by atoms with E-state index < -0.39 is 5.97 Å². The van der Waals surface area contributed by atoms with Crippen LogP contribution in [0.5, 0.6) is 0 Å². The van der Waals surface area contributed by atoms with Crippen LogP contribution in [-0.2, 0) is 4.79 Å². The number of carbonyl (C=O) groups is 1. The van der Waals surface area contributed by atoms with Gasteiger partial charge >= 0.3 is 5.97 Å². The lowest BCUT2D eigenvalue weighted by Crippen LogP contribution is -2.56. The summed E-state index contributed by atoms with van der Waals surface area (Å²) in [5, 5.41) is 12.1. The molecule has 4 nitrogen and oxygen atoms in total. The third kappa shape index (κ3) is 3.44. The molecule has 5 heteroatoms. The number of aliphatic carboxylic acids is 1. The van der Waals surface area contributed by atoms with E-state index in [9.17, 15) is 9.18 Å². The second-order valence-electron chi connectivity index (χ2n) is 4.98. The van der Waals surface area contributed by atoms with Gasteiger partial charge in [-0.25, -0.2) is 4.39 Å². The molecule has 1 aliphatic rings. The third-order valence-electron chi connectivity index (χ3n) is 3.49. The topological polar surface area (TPSA) is 52.6 Å². The number of anilines is 1. The molecule has 104 valence electrons. The van der Waals surface area contributed by atoms with Gasteiger partial charge in [0.1, 0.15) is 5.82 Å². The molecule has 2 unspecified atom stereocenters. The molecular weight excluding hydrogens is 247 g/mol. The maximum Gasteiger partial charge on any atom is 0.303 e. The van der Waals surface area contributed by atoms with Crippen LogP contribution in [0, 0.1) is 5.82 Å². The Kier molecular flexibility index (Phi) is 4.37. The predicted octanol–water partition coefficient (Wildman–Crippen LogP) is 1.86. The molecule has 1 aliphatic heterocycles. The number of nitrogens with one attached hydrogen (secondary N) is 1. The normalized spacial score (nSPS) is 23.4. The van der Waals surface area contributed by atoms with Gasteiger partial charge in [0.15, 0.2) is 0 Å². The largest absolute Gasteiger partial charge is 0.481 e. The molecule has 0 saturated carbocycles. The number of carboxylic acid groups (broad SMARTS) is 1. The van der Waals surface area contributed by atoms with Gasteiger partial charge in [0, 0.05) is 37.3 Å². The Balaban J connectivity index is 2.18. The van der Waals surface area contributed by atoms with Crippen molar-refractivity contribution in [2.45, 2.75) is 31.8 Å². The summed E-state index contributed by atoms with van der Waals surface area (Å²) >= 11 is 0. The maximum absolute atomic E-state index is 13.4. The minimum atomic E-state index is -0.794. The number of hydrogen-bond donors (Lipinski definition) is 2. The van der Waals surface area contributed by atoms with Crippen molar-refractivity contribution in [1.29, 1.82) is 0 Å². The minimum absolute atomic E-state index is 0.0849. The van der Waals surface area contributed by atoms with Crippen LogP contribution in [0.4, 0.5) is 10.1 Å². The smallest absolute Gasteiger partial charge is 0.303 e. The van der Waals surface area contributed by atoms with Crippen molar-refractivity contribution < 1.29 is 14.3 Å². The summed E-state index contributed by atoms with van der Waals surface area (Å²) in [5.74, 6) is -1.06. The first-order valence-corrected chi connectivity index (χ1v) is 6.54. The van der Waals surface area contributed by atoms with Crippen LogP contribution in [0.15, 0.2) is 24.3 Å². The van der Waals surface area contributed by atoms with Crippen LogP contribution in [0.3, 0.4) is 0 Å². The number of halogens is 1. The zero-order valence-electron chi connectivity index (χ0n) is 11.0. The van der Waals surface area contributed by atoms with E-state index in [2.05, 4.69) is 17.1 Å². The van der Waals surface area contributed by atoms with Crippen LogP contribution in [0.1, 0.15) is 19.8 Å². The van der Waals surface area contributed by atoms with Gasteiger partial charge in [-0.1, -0.05) is 6.07 Å². The molecule has 0 radical (unpaired) electrons. The van der Waals surface area contributed by atoms with Gasteiger partial charge in [0.05, 0.1) is 0 Å². The molecule has 0 spiro atoms. The zero-order chi connectivity index (χ0) is 13.8. The van der Waals surface area contributed by atoms with Gasteiger partial charge in [-0.3, -0.25) is 4.79 Å². The van der Waals surface area contributed by atoms with E-state index in [1.165, 1.54) is 12.1 Å². The van der Waals surface area contributed by atoms with Gasteiger partial charge in [-0.2, -0.15) is 0 Å². The van der Waals surface area contributed by atoms with Crippen LogP contribution in [0.25, 0.3) is 0 Å². The fraction of sp³-hybridized carbons (Fsp3) is 0.500. The summed E-state index contributed by atoms with van der Waals surface area (Å²) in [6.45, 7) is 3.61. The van der Waals surface area contributed by atoms with Gasteiger partial charge in [0.25, 0.3) is 0 Å². The van der Waals surface area contributed by atoms with Gasteiger partial charge in [-0.05, 0) is 31.5 Å². The minimum Gasteiger partial charge on any atom is -0.481 e. The molecule has 1 aromatic rings. The Morgan fingerprint density at radius 2 is 2.32 bits per heavy atom. The lowest BCUT2D eigenvalue weighted by atomic mass is 10.0. The summed E-state index contributed by atoms with van der Waals surface area (Å²) in [6, 6.07) is 6.79. The SMILES string of the molecule is CC1CNCC(CCC(=O)O)N1c1cccc(F)c1. The van der Waals surface area contributed by atoms with E-state index in [1.807, 2.05) is 6.07 Å². The molecule has 0 bridgehead atoms. The van der Waals surface area contributed by atoms with Crippen molar-refractivity contribution in [2.75, 3.05) is 18.0 Å². The molecule has 0 aliphatic carbocycles. The van der Waals surface area contributed by atoms with E-state index in [1.54, 1.807) is 6.07 Å². The van der Waals surface area contributed by atoms with Crippen molar-refractivity contribution in [2.24, 2.45) is 0 Å². The van der Waals surface area contributed by atoms with Crippen LogP contribution >= 0.6 is 0 Å². The van der Waals surface area contributed by atoms with Gasteiger partial charge < -0.3 is 15.3 Å². The van der Waals surface area contributed by atoms with Gasteiger partial charge in [-0.15, -0.1) is 0 Å². The molecule has 2 rings (SSSR count). The second-order valence-corrected chi connectivity index (χ2v) is 4.98. The fourth-order valence-corrected chi connectivity index (χ4v) is 2.65. The molecule has 0 amide bonds. The zero-order valence-corrected chi connectivity index (χ0v) is 11.0. The number of rotatable bonds is 4. The van der Waals surface area contributed by atoms with E-state index in [0.717, 1.165) is 18.8 Å². The second kappa shape index (κ2) is 6.02.